The Morgan fingerprint density at radius 2 is 1.92 bits per heavy atom. The van der Waals surface area contributed by atoms with Crippen LogP contribution >= 0.6 is 12.4 Å². The first-order valence-corrected chi connectivity index (χ1v) is 4.40. The number of hydrogen-bond acceptors (Lipinski definition) is 2. The van der Waals surface area contributed by atoms with E-state index in [-0.39, 0.29) is 12.4 Å². The van der Waals surface area contributed by atoms with Crippen LogP contribution in [0, 0.1) is 0 Å². The zero-order chi connectivity index (χ0) is 8.97. The van der Waals surface area contributed by atoms with E-state index in [1.807, 2.05) is 12.1 Å². The standard InChI is InChI=1S/C10H16N2.ClH/c1-3-8-6-5-7-10(12-11)9(8)4-2;/h5-7,12H,3-4,11H2,1-2H3;1H. The highest BCUT2D eigenvalue weighted by atomic mass is 35.5. The Bertz CT molecular complexity index is 239. The number of hydrazine groups is 1. The van der Waals surface area contributed by atoms with Crippen LogP contribution in [-0.4, -0.2) is 0 Å². The van der Waals surface area contributed by atoms with E-state index in [4.69, 9.17) is 5.84 Å². The number of benzene rings is 1. The molecule has 13 heavy (non-hydrogen) atoms. The molecular formula is C10H17ClN2. The van der Waals surface area contributed by atoms with Crippen molar-refractivity contribution in [2.24, 2.45) is 5.84 Å². The van der Waals surface area contributed by atoms with Gasteiger partial charge in [0.25, 0.3) is 0 Å². The molecular weight excluding hydrogens is 184 g/mol. The minimum atomic E-state index is 0. The van der Waals surface area contributed by atoms with Gasteiger partial charge < -0.3 is 5.43 Å². The van der Waals surface area contributed by atoms with Gasteiger partial charge in [0.2, 0.25) is 0 Å². The van der Waals surface area contributed by atoms with Crippen LogP contribution in [0.4, 0.5) is 5.69 Å². The summed E-state index contributed by atoms with van der Waals surface area (Å²) in [6.07, 6.45) is 2.10. The van der Waals surface area contributed by atoms with E-state index in [9.17, 15) is 0 Å². The minimum Gasteiger partial charge on any atom is -0.324 e. The van der Waals surface area contributed by atoms with Crippen LogP contribution in [-0.2, 0) is 12.8 Å². The molecule has 1 aromatic carbocycles. The Balaban J connectivity index is 0.00000144. The first-order chi connectivity index (χ1) is 5.83. The van der Waals surface area contributed by atoms with E-state index in [2.05, 4.69) is 25.3 Å². The van der Waals surface area contributed by atoms with Crippen LogP contribution in [0.2, 0.25) is 0 Å². The SMILES string of the molecule is CCc1cccc(NN)c1CC.Cl. The first kappa shape index (κ1) is 12.3. The lowest BCUT2D eigenvalue weighted by Gasteiger charge is -2.10. The molecule has 0 aromatic heterocycles. The summed E-state index contributed by atoms with van der Waals surface area (Å²) in [7, 11) is 0. The molecule has 3 heteroatoms. The Kier molecular flexibility index (Phi) is 5.51. The van der Waals surface area contributed by atoms with Crippen LogP contribution in [0.1, 0.15) is 25.0 Å². The van der Waals surface area contributed by atoms with Gasteiger partial charge in [-0.25, -0.2) is 0 Å². The second-order valence-electron chi connectivity index (χ2n) is 2.79. The van der Waals surface area contributed by atoms with E-state index in [0.717, 1.165) is 18.5 Å². The lowest BCUT2D eigenvalue weighted by Crippen LogP contribution is -2.10. The summed E-state index contributed by atoms with van der Waals surface area (Å²) in [5.74, 6) is 5.40. The summed E-state index contributed by atoms with van der Waals surface area (Å²) in [6.45, 7) is 4.31. The summed E-state index contributed by atoms with van der Waals surface area (Å²) in [6, 6.07) is 6.20. The van der Waals surface area contributed by atoms with Gasteiger partial charge in [-0.1, -0.05) is 26.0 Å². The van der Waals surface area contributed by atoms with Gasteiger partial charge in [0, 0.05) is 0 Å². The maximum Gasteiger partial charge on any atom is 0.0519 e. The number of anilines is 1. The molecule has 0 heterocycles. The van der Waals surface area contributed by atoms with Crippen molar-refractivity contribution in [2.45, 2.75) is 26.7 Å². The number of halogens is 1. The van der Waals surface area contributed by atoms with Crippen molar-refractivity contribution in [3.05, 3.63) is 29.3 Å². The smallest absolute Gasteiger partial charge is 0.0519 e. The topological polar surface area (TPSA) is 38.0 Å². The highest BCUT2D eigenvalue weighted by Crippen LogP contribution is 2.19. The molecule has 0 aliphatic rings. The van der Waals surface area contributed by atoms with Crippen molar-refractivity contribution in [2.75, 3.05) is 5.43 Å². The second-order valence-corrected chi connectivity index (χ2v) is 2.79. The Morgan fingerprint density at radius 1 is 1.23 bits per heavy atom. The van der Waals surface area contributed by atoms with Gasteiger partial charge >= 0.3 is 0 Å². The van der Waals surface area contributed by atoms with Crippen LogP contribution in [0.3, 0.4) is 0 Å². The number of rotatable bonds is 3. The van der Waals surface area contributed by atoms with Gasteiger partial charge in [-0.15, -0.1) is 12.4 Å². The third-order valence-electron chi connectivity index (χ3n) is 2.16. The largest absolute Gasteiger partial charge is 0.324 e. The van der Waals surface area contributed by atoms with E-state index >= 15 is 0 Å². The highest BCUT2D eigenvalue weighted by Gasteiger charge is 2.02. The first-order valence-electron chi connectivity index (χ1n) is 4.40. The fourth-order valence-electron chi connectivity index (χ4n) is 1.52. The molecule has 0 radical (unpaired) electrons. The molecule has 1 rings (SSSR count). The molecule has 0 saturated carbocycles. The van der Waals surface area contributed by atoms with E-state index in [1.54, 1.807) is 0 Å². The minimum absolute atomic E-state index is 0. The highest BCUT2D eigenvalue weighted by molar-refractivity contribution is 5.85. The van der Waals surface area contributed by atoms with E-state index < -0.39 is 0 Å². The summed E-state index contributed by atoms with van der Waals surface area (Å²) < 4.78 is 0. The summed E-state index contributed by atoms with van der Waals surface area (Å²) in [5.41, 5.74) is 6.49. The van der Waals surface area contributed by atoms with Gasteiger partial charge in [-0.3, -0.25) is 5.84 Å². The second kappa shape index (κ2) is 5.84. The number of nitrogens with one attached hydrogen (secondary N) is 1. The van der Waals surface area contributed by atoms with Crippen molar-refractivity contribution in [3.63, 3.8) is 0 Å². The monoisotopic (exact) mass is 200 g/mol. The average molecular weight is 201 g/mol. The van der Waals surface area contributed by atoms with Crippen molar-refractivity contribution >= 4 is 18.1 Å². The molecule has 0 aliphatic carbocycles. The molecule has 0 atom stereocenters. The van der Waals surface area contributed by atoms with E-state index in [1.165, 1.54) is 11.1 Å². The summed E-state index contributed by atoms with van der Waals surface area (Å²) >= 11 is 0. The average Bonchev–Trinajstić information content (AvgIpc) is 2.16. The lowest BCUT2D eigenvalue weighted by molar-refractivity contribution is 1.03. The van der Waals surface area contributed by atoms with Gasteiger partial charge in [0.1, 0.15) is 0 Å². The number of nitrogens with two attached hydrogens (primary N) is 1. The van der Waals surface area contributed by atoms with Crippen molar-refractivity contribution in [1.29, 1.82) is 0 Å². The van der Waals surface area contributed by atoms with Crippen molar-refractivity contribution in [3.8, 4) is 0 Å². The van der Waals surface area contributed by atoms with Gasteiger partial charge in [0.15, 0.2) is 0 Å². The Labute approximate surface area is 85.9 Å². The van der Waals surface area contributed by atoms with Crippen LogP contribution in [0.25, 0.3) is 0 Å². The molecule has 0 bridgehead atoms. The molecule has 74 valence electrons. The molecule has 0 fully saturated rings. The van der Waals surface area contributed by atoms with Gasteiger partial charge in [-0.2, -0.15) is 0 Å². The summed E-state index contributed by atoms with van der Waals surface area (Å²) in [5, 5.41) is 0. The quantitative estimate of drug-likeness (QED) is 0.581. The third kappa shape index (κ3) is 2.61. The predicted octanol–water partition coefficient (Wildman–Crippen LogP) is 2.52. The van der Waals surface area contributed by atoms with Crippen LogP contribution in [0.5, 0.6) is 0 Å². The molecule has 0 aliphatic heterocycles. The van der Waals surface area contributed by atoms with Gasteiger partial charge in [0.05, 0.1) is 5.69 Å². The zero-order valence-electron chi connectivity index (χ0n) is 8.13. The fraction of sp³-hybridized carbons (Fsp3) is 0.400. The number of nitrogen functional groups attached to an aromatic ring is 1. The molecule has 0 saturated heterocycles. The van der Waals surface area contributed by atoms with Crippen molar-refractivity contribution in [1.82, 2.24) is 0 Å². The normalized spacial score (nSPS) is 9.15. The Hall–Kier alpha value is -0.730. The molecule has 0 spiro atoms. The number of hydrogen-bond donors (Lipinski definition) is 2. The van der Waals surface area contributed by atoms with Gasteiger partial charge in [-0.05, 0) is 30.0 Å². The lowest BCUT2D eigenvalue weighted by atomic mass is 10.0. The predicted molar refractivity (Wildman–Crippen MR) is 60.3 cm³/mol. The van der Waals surface area contributed by atoms with Crippen LogP contribution < -0.4 is 11.3 Å². The Morgan fingerprint density at radius 3 is 2.38 bits per heavy atom. The molecule has 3 N–H and O–H groups in total. The molecule has 1 aromatic rings. The maximum absolute atomic E-state index is 5.40. The molecule has 0 amide bonds. The van der Waals surface area contributed by atoms with E-state index in [0.29, 0.717) is 0 Å². The fourth-order valence-corrected chi connectivity index (χ4v) is 1.52. The van der Waals surface area contributed by atoms with Crippen molar-refractivity contribution < 1.29 is 0 Å². The summed E-state index contributed by atoms with van der Waals surface area (Å²) in [4.78, 5) is 0. The zero-order valence-corrected chi connectivity index (χ0v) is 8.95. The number of aryl methyl sites for hydroxylation is 1. The van der Waals surface area contributed by atoms with Crippen LogP contribution in [0.15, 0.2) is 18.2 Å². The maximum atomic E-state index is 5.40. The third-order valence-corrected chi connectivity index (χ3v) is 2.16. The molecule has 2 nitrogen and oxygen atoms in total. The molecule has 0 unspecified atom stereocenters.